The van der Waals surface area contributed by atoms with Crippen molar-refractivity contribution in [1.82, 2.24) is 14.9 Å². The molecule has 1 aliphatic heterocycles. The predicted molar refractivity (Wildman–Crippen MR) is 84.4 cm³/mol. The van der Waals surface area contributed by atoms with Crippen LogP contribution in [0.4, 0.5) is 5.82 Å². The molecule has 1 saturated heterocycles. The minimum atomic E-state index is 0.372. The monoisotopic (exact) mass is 300 g/mol. The predicted octanol–water partition coefficient (Wildman–Crippen LogP) is 1.95. The molecule has 2 bridgehead atoms. The third-order valence-electron chi connectivity index (χ3n) is 5.83. The van der Waals surface area contributed by atoms with Gasteiger partial charge in [0, 0.05) is 45.0 Å². The average molecular weight is 300 g/mol. The molecule has 0 spiro atoms. The van der Waals surface area contributed by atoms with Crippen molar-refractivity contribution in [3.8, 4) is 0 Å². The van der Waals surface area contributed by atoms with Crippen molar-refractivity contribution in [2.75, 3.05) is 31.1 Å². The fourth-order valence-corrected chi connectivity index (χ4v) is 4.62. The second kappa shape index (κ2) is 5.86. The molecule has 0 unspecified atom stereocenters. The zero-order chi connectivity index (χ0) is 14.9. The maximum absolute atomic E-state index is 12.6. The highest BCUT2D eigenvalue weighted by atomic mass is 16.2. The summed E-state index contributed by atoms with van der Waals surface area (Å²) in [7, 11) is 0. The Balaban J connectivity index is 1.29. The number of carbonyl (C=O) groups excluding carboxylic acids is 1. The molecular weight excluding hydrogens is 276 g/mol. The van der Waals surface area contributed by atoms with Crippen LogP contribution in [-0.4, -0.2) is 47.0 Å². The van der Waals surface area contributed by atoms with E-state index in [9.17, 15) is 4.79 Å². The number of anilines is 1. The lowest BCUT2D eigenvalue weighted by atomic mass is 9.86. The van der Waals surface area contributed by atoms with Crippen LogP contribution in [0.5, 0.6) is 0 Å². The standard InChI is InChI=1S/C17H24N4O/c22-17(11-15-10-13-1-2-14(15)9-13)21-7-5-20(6-8-21)16-12-18-3-4-19-16/h3-4,12-15H,1-2,5-11H2/t13-,14-,15-/m0/s1. The smallest absolute Gasteiger partial charge is 0.222 e. The number of rotatable bonds is 3. The van der Waals surface area contributed by atoms with Crippen LogP contribution in [0.3, 0.4) is 0 Å². The number of fused-ring (bicyclic) bond motifs is 2. The van der Waals surface area contributed by atoms with Gasteiger partial charge in [0.2, 0.25) is 5.91 Å². The van der Waals surface area contributed by atoms with Gasteiger partial charge in [-0.25, -0.2) is 4.98 Å². The average Bonchev–Trinajstić information content (AvgIpc) is 3.19. The summed E-state index contributed by atoms with van der Waals surface area (Å²) in [5, 5.41) is 0. The molecule has 2 aliphatic carbocycles. The van der Waals surface area contributed by atoms with Crippen LogP contribution in [0.25, 0.3) is 0 Å². The highest BCUT2D eigenvalue weighted by Crippen LogP contribution is 2.49. The van der Waals surface area contributed by atoms with E-state index in [0.717, 1.165) is 50.3 Å². The molecule has 22 heavy (non-hydrogen) atoms. The highest BCUT2D eigenvalue weighted by Gasteiger charge is 2.40. The maximum Gasteiger partial charge on any atom is 0.222 e. The van der Waals surface area contributed by atoms with Crippen molar-refractivity contribution >= 4 is 11.7 Å². The normalized spacial score (nSPS) is 30.8. The van der Waals surface area contributed by atoms with E-state index in [1.165, 1.54) is 25.7 Å². The molecule has 1 amide bonds. The van der Waals surface area contributed by atoms with Gasteiger partial charge in [-0.1, -0.05) is 6.42 Å². The molecule has 118 valence electrons. The van der Waals surface area contributed by atoms with Crippen LogP contribution in [0.2, 0.25) is 0 Å². The first kappa shape index (κ1) is 14.0. The van der Waals surface area contributed by atoms with Gasteiger partial charge in [0.25, 0.3) is 0 Å². The van der Waals surface area contributed by atoms with Crippen molar-refractivity contribution < 1.29 is 4.79 Å². The largest absolute Gasteiger partial charge is 0.352 e. The zero-order valence-corrected chi connectivity index (χ0v) is 13.0. The van der Waals surface area contributed by atoms with E-state index in [4.69, 9.17) is 0 Å². The molecule has 0 N–H and O–H groups in total. The first-order valence-electron chi connectivity index (χ1n) is 8.58. The Labute approximate surface area is 131 Å². The van der Waals surface area contributed by atoms with Crippen LogP contribution >= 0.6 is 0 Å². The van der Waals surface area contributed by atoms with Gasteiger partial charge in [0.15, 0.2) is 0 Å². The van der Waals surface area contributed by atoms with E-state index >= 15 is 0 Å². The van der Waals surface area contributed by atoms with Gasteiger partial charge in [0.1, 0.15) is 5.82 Å². The molecule has 3 fully saturated rings. The first-order chi connectivity index (χ1) is 10.8. The molecule has 1 aromatic heterocycles. The number of amides is 1. The van der Waals surface area contributed by atoms with Gasteiger partial charge < -0.3 is 9.80 Å². The molecule has 5 nitrogen and oxygen atoms in total. The lowest BCUT2D eigenvalue weighted by Gasteiger charge is -2.36. The third kappa shape index (κ3) is 2.69. The SMILES string of the molecule is O=C(C[C@@H]1C[C@H]2CC[C@H]1C2)N1CCN(c2cnccn2)CC1. The molecule has 2 heterocycles. The van der Waals surface area contributed by atoms with E-state index in [1.807, 2.05) is 0 Å². The maximum atomic E-state index is 12.6. The summed E-state index contributed by atoms with van der Waals surface area (Å²) in [6.45, 7) is 3.36. The number of aromatic nitrogens is 2. The third-order valence-corrected chi connectivity index (χ3v) is 5.83. The van der Waals surface area contributed by atoms with E-state index < -0.39 is 0 Å². The van der Waals surface area contributed by atoms with Gasteiger partial charge >= 0.3 is 0 Å². The second-order valence-electron chi connectivity index (χ2n) is 7.07. The molecule has 3 aliphatic rings. The summed E-state index contributed by atoms with van der Waals surface area (Å²) in [4.78, 5) is 25.3. The lowest BCUT2D eigenvalue weighted by molar-refractivity contribution is -0.132. The quantitative estimate of drug-likeness (QED) is 0.856. The number of carbonyl (C=O) groups is 1. The summed E-state index contributed by atoms with van der Waals surface area (Å²) in [6.07, 6.45) is 11.5. The molecule has 3 atom stereocenters. The minimum absolute atomic E-state index is 0.372. The number of piperazine rings is 1. The molecule has 0 aromatic carbocycles. The van der Waals surface area contributed by atoms with Crippen molar-refractivity contribution in [3.05, 3.63) is 18.6 Å². The van der Waals surface area contributed by atoms with Crippen LogP contribution in [0.1, 0.15) is 32.1 Å². The van der Waals surface area contributed by atoms with Crippen molar-refractivity contribution in [1.29, 1.82) is 0 Å². The minimum Gasteiger partial charge on any atom is -0.352 e. The summed E-state index contributed by atoms with van der Waals surface area (Å²) in [5.41, 5.74) is 0. The zero-order valence-electron chi connectivity index (χ0n) is 13.0. The molecule has 4 rings (SSSR count). The summed E-state index contributed by atoms with van der Waals surface area (Å²) < 4.78 is 0. The fraction of sp³-hybridized carbons (Fsp3) is 0.706. The summed E-state index contributed by atoms with van der Waals surface area (Å²) in [6, 6.07) is 0. The van der Waals surface area contributed by atoms with Crippen LogP contribution in [0, 0.1) is 17.8 Å². The van der Waals surface area contributed by atoms with Gasteiger partial charge in [-0.2, -0.15) is 0 Å². The van der Waals surface area contributed by atoms with Gasteiger partial charge in [-0.3, -0.25) is 9.78 Å². The van der Waals surface area contributed by atoms with Crippen molar-refractivity contribution in [3.63, 3.8) is 0 Å². The lowest BCUT2D eigenvalue weighted by Crippen LogP contribution is -2.49. The molecule has 1 aromatic rings. The van der Waals surface area contributed by atoms with Gasteiger partial charge in [0.05, 0.1) is 6.20 Å². The number of hydrogen-bond donors (Lipinski definition) is 0. The van der Waals surface area contributed by atoms with E-state index in [0.29, 0.717) is 11.8 Å². The molecule has 0 radical (unpaired) electrons. The topological polar surface area (TPSA) is 49.3 Å². The second-order valence-corrected chi connectivity index (χ2v) is 7.07. The highest BCUT2D eigenvalue weighted by molar-refractivity contribution is 5.76. The van der Waals surface area contributed by atoms with Crippen LogP contribution in [-0.2, 0) is 4.79 Å². The molecular formula is C17H24N4O. The Morgan fingerprint density at radius 3 is 2.64 bits per heavy atom. The Morgan fingerprint density at radius 1 is 1.14 bits per heavy atom. The van der Waals surface area contributed by atoms with Gasteiger partial charge in [-0.05, 0) is 37.0 Å². The Morgan fingerprint density at radius 2 is 2.00 bits per heavy atom. The van der Waals surface area contributed by atoms with Crippen LogP contribution < -0.4 is 4.90 Å². The summed E-state index contributed by atoms with van der Waals surface area (Å²) >= 11 is 0. The summed E-state index contributed by atoms with van der Waals surface area (Å²) in [5.74, 6) is 3.73. The molecule has 5 heteroatoms. The Kier molecular flexibility index (Phi) is 3.72. The molecule has 2 saturated carbocycles. The number of hydrogen-bond acceptors (Lipinski definition) is 4. The van der Waals surface area contributed by atoms with E-state index in [2.05, 4.69) is 19.8 Å². The van der Waals surface area contributed by atoms with E-state index in [-0.39, 0.29) is 0 Å². The van der Waals surface area contributed by atoms with Crippen molar-refractivity contribution in [2.24, 2.45) is 17.8 Å². The van der Waals surface area contributed by atoms with Gasteiger partial charge in [-0.15, -0.1) is 0 Å². The Hall–Kier alpha value is -1.65. The van der Waals surface area contributed by atoms with E-state index in [1.54, 1.807) is 18.6 Å². The fourth-order valence-electron chi connectivity index (χ4n) is 4.62. The Bertz CT molecular complexity index is 527. The van der Waals surface area contributed by atoms with Crippen molar-refractivity contribution in [2.45, 2.75) is 32.1 Å². The first-order valence-corrected chi connectivity index (χ1v) is 8.58. The van der Waals surface area contributed by atoms with Crippen LogP contribution in [0.15, 0.2) is 18.6 Å². The number of nitrogens with zero attached hydrogens (tertiary/aromatic N) is 4.